The molecule has 7 heteroatoms. The molecule has 4 nitrogen and oxygen atoms in total. The van der Waals surface area contributed by atoms with Crippen molar-refractivity contribution in [1.82, 2.24) is 9.97 Å². The second-order valence-corrected chi connectivity index (χ2v) is 4.87. The highest BCUT2D eigenvalue weighted by atomic mass is 35.5. The molecule has 0 aliphatic heterocycles. The largest absolute Gasteiger partial charge is 0.481 e. The number of hydrogen-bond acceptors (Lipinski definition) is 3. The molecule has 19 heavy (non-hydrogen) atoms. The Labute approximate surface area is 124 Å². The monoisotopic (exact) mass is 316 g/mol. The first-order valence-electron chi connectivity index (χ1n) is 5.15. The number of halogens is 3. The van der Waals surface area contributed by atoms with Gasteiger partial charge in [0.05, 0.1) is 21.5 Å². The fraction of sp³-hybridized carbons (Fsp3) is 0.0833. The molecule has 0 aliphatic rings. The normalized spacial score (nSPS) is 10.5. The predicted octanol–water partition coefficient (Wildman–Crippen LogP) is 3.73. The van der Waals surface area contributed by atoms with Gasteiger partial charge in [0.15, 0.2) is 5.82 Å². The van der Waals surface area contributed by atoms with Crippen molar-refractivity contribution in [1.29, 1.82) is 0 Å². The van der Waals surface area contributed by atoms with E-state index < -0.39 is 5.97 Å². The third-order valence-electron chi connectivity index (χ3n) is 2.34. The maximum atomic E-state index is 10.6. The van der Waals surface area contributed by atoms with E-state index in [9.17, 15) is 4.79 Å². The van der Waals surface area contributed by atoms with E-state index in [1.54, 1.807) is 12.1 Å². The number of benzene rings is 1. The SMILES string of the molecule is O=C(O)Cc1cnc(-c2ccc(Cl)c(Cl)c2Cl)nc1. The molecule has 2 aromatic rings. The highest BCUT2D eigenvalue weighted by Gasteiger charge is 2.12. The van der Waals surface area contributed by atoms with E-state index in [1.807, 2.05) is 0 Å². The lowest BCUT2D eigenvalue weighted by Crippen LogP contribution is -2.01. The summed E-state index contributed by atoms with van der Waals surface area (Å²) in [7, 11) is 0. The van der Waals surface area contributed by atoms with E-state index in [4.69, 9.17) is 39.9 Å². The van der Waals surface area contributed by atoms with Crippen molar-refractivity contribution in [3.8, 4) is 11.4 Å². The van der Waals surface area contributed by atoms with Crippen LogP contribution in [0.15, 0.2) is 24.5 Å². The third kappa shape index (κ3) is 3.15. The van der Waals surface area contributed by atoms with Crippen LogP contribution in [-0.2, 0) is 11.2 Å². The smallest absolute Gasteiger partial charge is 0.307 e. The lowest BCUT2D eigenvalue weighted by Gasteiger charge is -2.06. The molecule has 0 saturated heterocycles. The molecular formula is C12H7Cl3N2O2. The molecule has 1 N–H and O–H groups in total. The summed E-state index contributed by atoms with van der Waals surface area (Å²) in [6, 6.07) is 3.25. The molecule has 0 spiro atoms. The Hall–Kier alpha value is -1.36. The van der Waals surface area contributed by atoms with Crippen LogP contribution in [0.4, 0.5) is 0 Å². The Kier molecular flexibility index (Phi) is 4.24. The number of carboxylic acids is 1. The number of aliphatic carboxylic acids is 1. The van der Waals surface area contributed by atoms with Crippen LogP contribution in [0.25, 0.3) is 11.4 Å². The third-order valence-corrected chi connectivity index (χ3v) is 3.63. The summed E-state index contributed by atoms with van der Waals surface area (Å²) in [5, 5.41) is 9.50. The fourth-order valence-electron chi connectivity index (χ4n) is 1.46. The van der Waals surface area contributed by atoms with Crippen LogP contribution in [0, 0.1) is 0 Å². The van der Waals surface area contributed by atoms with Crippen LogP contribution in [0.1, 0.15) is 5.56 Å². The van der Waals surface area contributed by atoms with E-state index in [0.29, 0.717) is 22.0 Å². The summed E-state index contributed by atoms with van der Waals surface area (Å²) in [5.74, 6) is -0.582. The molecule has 1 heterocycles. The lowest BCUT2D eigenvalue weighted by atomic mass is 10.2. The van der Waals surface area contributed by atoms with Gasteiger partial charge in [0.25, 0.3) is 0 Å². The van der Waals surface area contributed by atoms with E-state index >= 15 is 0 Å². The van der Waals surface area contributed by atoms with Crippen molar-refractivity contribution in [3.05, 3.63) is 45.2 Å². The first-order chi connectivity index (χ1) is 8.99. The van der Waals surface area contributed by atoms with Crippen molar-refractivity contribution in [3.63, 3.8) is 0 Å². The minimum atomic E-state index is -0.941. The number of rotatable bonds is 3. The van der Waals surface area contributed by atoms with E-state index in [-0.39, 0.29) is 16.5 Å². The summed E-state index contributed by atoms with van der Waals surface area (Å²) in [6.45, 7) is 0. The van der Waals surface area contributed by atoms with Crippen LogP contribution < -0.4 is 0 Å². The molecule has 1 aromatic heterocycles. The van der Waals surface area contributed by atoms with Crippen molar-refractivity contribution in [2.45, 2.75) is 6.42 Å². The minimum Gasteiger partial charge on any atom is -0.481 e. The first kappa shape index (κ1) is 14.1. The van der Waals surface area contributed by atoms with Gasteiger partial charge in [-0.15, -0.1) is 0 Å². The van der Waals surface area contributed by atoms with Crippen molar-refractivity contribution in [2.24, 2.45) is 0 Å². The van der Waals surface area contributed by atoms with Gasteiger partial charge in [-0.1, -0.05) is 34.8 Å². The highest BCUT2D eigenvalue weighted by Crippen LogP contribution is 2.36. The van der Waals surface area contributed by atoms with E-state index in [0.717, 1.165) is 0 Å². The number of hydrogen-bond donors (Lipinski definition) is 1. The van der Waals surface area contributed by atoms with Gasteiger partial charge in [0, 0.05) is 18.0 Å². The summed E-state index contributed by atoms with van der Waals surface area (Å²) < 4.78 is 0. The van der Waals surface area contributed by atoms with Crippen LogP contribution >= 0.6 is 34.8 Å². The lowest BCUT2D eigenvalue weighted by molar-refractivity contribution is -0.136. The summed E-state index contributed by atoms with van der Waals surface area (Å²) in [6.07, 6.45) is 2.75. The number of aromatic nitrogens is 2. The van der Waals surface area contributed by atoms with Gasteiger partial charge in [-0.2, -0.15) is 0 Å². The number of nitrogens with zero attached hydrogens (tertiary/aromatic N) is 2. The molecule has 2 rings (SSSR count). The number of carboxylic acid groups (broad SMARTS) is 1. The molecule has 0 fully saturated rings. The van der Waals surface area contributed by atoms with Gasteiger partial charge in [-0.05, 0) is 17.7 Å². The molecule has 1 aromatic carbocycles. The maximum Gasteiger partial charge on any atom is 0.307 e. The van der Waals surface area contributed by atoms with Crippen LogP contribution in [0.5, 0.6) is 0 Å². The quantitative estimate of drug-likeness (QED) is 0.876. The molecule has 0 radical (unpaired) electrons. The molecule has 0 atom stereocenters. The van der Waals surface area contributed by atoms with E-state index in [1.165, 1.54) is 12.4 Å². The molecule has 0 unspecified atom stereocenters. The molecule has 0 amide bonds. The zero-order valence-corrected chi connectivity index (χ0v) is 11.7. The Bertz CT molecular complexity index is 630. The predicted molar refractivity (Wildman–Crippen MR) is 73.8 cm³/mol. The average Bonchev–Trinajstić information content (AvgIpc) is 2.37. The van der Waals surface area contributed by atoms with Gasteiger partial charge < -0.3 is 5.11 Å². The average molecular weight is 318 g/mol. The minimum absolute atomic E-state index is 0.130. The molecular weight excluding hydrogens is 311 g/mol. The summed E-state index contributed by atoms with van der Waals surface area (Å²) >= 11 is 17.8. The van der Waals surface area contributed by atoms with Crippen molar-refractivity contribution >= 4 is 40.8 Å². The Morgan fingerprint density at radius 2 is 1.74 bits per heavy atom. The Balaban J connectivity index is 2.37. The Morgan fingerprint density at radius 3 is 2.32 bits per heavy atom. The standard InChI is InChI=1S/C12H7Cl3N2O2/c13-8-2-1-7(10(14)11(8)15)12-16-4-6(5-17-12)3-9(18)19/h1-2,4-5H,3H2,(H,18,19). The second-order valence-electron chi connectivity index (χ2n) is 3.71. The van der Waals surface area contributed by atoms with E-state index in [2.05, 4.69) is 9.97 Å². The van der Waals surface area contributed by atoms with Gasteiger partial charge in [0.1, 0.15) is 0 Å². The molecule has 0 bridgehead atoms. The maximum absolute atomic E-state index is 10.6. The zero-order valence-electron chi connectivity index (χ0n) is 9.40. The molecule has 0 aliphatic carbocycles. The van der Waals surface area contributed by atoms with Crippen molar-refractivity contribution in [2.75, 3.05) is 0 Å². The highest BCUT2D eigenvalue weighted by molar-refractivity contribution is 6.49. The first-order valence-corrected chi connectivity index (χ1v) is 6.29. The molecule has 0 saturated carbocycles. The Morgan fingerprint density at radius 1 is 1.11 bits per heavy atom. The van der Waals surface area contributed by atoms with Crippen LogP contribution in [0.3, 0.4) is 0 Å². The van der Waals surface area contributed by atoms with Gasteiger partial charge in [0.2, 0.25) is 0 Å². The van der Waals surface area contributed by atoms with Gasteiger partial charge in [-0.25, -0.2) is 9.97 Å². The number of carbonyl (C=O) groups is 1. The summed E-state index contributed by atoms with van der Waals surface area (Å²) in [4.78, 5) is 18.7. The zero-order chi connectivity index (χ0) is 14.0. The van der Waals surface area contributed by atoms with Crippen LogP contribution in [-0.4, -0.2) is 21.0 Å². The van der Waals surface area contributed by atoms with Crippen molar-refractivity contribution < 1.29 is 9.90 Å². The van der Waals surface area contributed by atoms with Gasteiger partial charge in [-0.3, -0.25) is 4.79 Å². The summed E-state index contributed by atoms with van der Waals surface area (Å²) in [5.41, 5.74) is 1.05. The molecule has 98 valence electrons. The second kappa shape index (κ2) is 5.74. The topological polar surface area (TPSA) is 63.1 Å². The van der Waals surface area contributed by atoms with Crippen LogP contribution in [0.2, 0.25) is 15.1 Å². The van der Waals surface area contributed by atoms with Gasteiger partial charge >= 0.3 is 5.97 Å². The fourth-order valence-corrected chi connectivity index (χ4v) is 2.08.